The van der Waals surface area contributed by atoms with E-state index >= 15 is 0 Å². The van der Waals surface area contributed by atoms with Crippen molar-refractivity contribution in [2.24, 2.45) is 0 Å². The van der Waals surface area contributed by atoms with Crippen molar-refractivity contribution < 1.29 is 14.7 Å². The van der Waals surface area contributed by atoms with Crippen LogP contribution in [0.4, 0.5) is 0 Å². The van der Waals surface area contributed by atoms with Crippen molar-refractivity contribution in [1.82, 2.24) is 0 Å². The molecule has 0 saturated carbocycles. The molecule has 1 aromatic carbocycles. The molecule has 0 radical (unpaired) electrons. The number of carboxylic acid groups (broad SMARTS) is 1. The molecule has 3 nitrogen and oxygen atoms in total. The molecular weight excluding hydrogens is 168 g/mol. The van der Waals surface area contributed by atoms with Crippen molar-refractivity contribution in [3.8, 4) is 0 Å². The van der Waals surface area contributed by atoms with Crippen LogP contribution in [0.5, 0.6) is 0 Å². The SMILES string of the molecule is Cc1cc(CC=O)ccc1C(=O)O. The Morgan fingerprint density at radius 2 is 2.23 bits per heavy atom. The highest BCUT2D eigenvalue weighted by Crippen LogP contribution is 2.10. The van der Waals surface area contributed by atoms with Gasteiger partial charge in [-0.05, 0) is 24.1 Å². The number of hydrogen-bond acceptors (Lipinski definition) is 2. The van der Waals surface area contributed by atoms with E-state index in [1.807, 2.05) is 0 Å². The number of hydrogen-bond donors (Lipinski definition) is 1. The number of aldehydes is 1. The van der Waals surface area contributed by atoms with E-state index in [0.717, 1.165) is 11.8 Å². The van der Waals surface area contributed by atoms with Crippen LogP contribution in [0.1, 0.15) is 21.5 Å². The molecule has 0 bridgehead atoms. The Balaban J connectivity index is 3.05. The second kappa shape index (κ2) is 3.85. The van der Waals surface area contributed by atoms with Crippen molar-refractivity contribution in [3.63, 3.8) is 0 Å². The zero-order valence-corrected chi connectivity index (χ0v) is 7.28. The molecule has 68 valence electrons. The van der Waals surface area contributed by atoms with Gasteiger partial charge in [0.05, 0.1) is 5.56 Å². The Labute approximate surface area is 76.0 Å². The van der Waals surface area contributed by atoms with Gasteiger partial charge in [0.2, 0.25) is 0 Å². The lowest BCUT2D eigenvalue weighted by molar-refractivity contribution is -0.107. The first-order chi connectivity index (χ1) is 6.15. The molecule has 13 heavy (non-hydrogen) atoms. The van der Waals surface area contributed by atoms with E-state index in [0.29, 0.717) is 12.0 Å². The van der Waals surface area contributed by atoms with E-state index in [-0.39, 0.29) is 5.56 Å². The molecule has 0 fully saturated rings. The summed E-state index contributed by atoms with van der Waals surface area (Å²) in [5.41, 5.74) is 1.82. The summed E-state index contributed by atoms with van der Waals surface area (Å²) in [6.45, 7) is 1.72. The lowest BCUT2D eigenvalue weighted by Crippen LogP contribution is -2.00. The lowest BCUT2D eigenvalue weighted by atomic mass is 10.0. The van der Waals surface area contributed by atoms with Crippen molar-refractivity contribution >= 4 is 12.3 Å². The molecule has 0 heterocycles. The molecule has 1 rings (SSSR count). The number of aryl methyl sites for hydroxylation is 1. The maximum atomic E-state index is 10.6. The Kier molecular flexibility index (Phi) is 2.80. The van der Waals surface area contributed by atoms with Gasteiger partial charge in [0.15, 0.2) is 0 Å². The fourth-order valence-electron chi connectivity index (χ4n) is 1.19. The number of carbonyl (C=O) groups is 2. The fourth-order valence-corrected chi connectivity index (χ4v) is 1.19. The van der Waals surface area contributed by atoms with Gasteiger partial charge in [-0.2, -0.15) is 0 Å². The van der Waals surface area contributed by atoms with Crippen LogP contribution in [0.2, 0.25) is 0 Å². The summed E-state index contributed by atoms with van der Waals surface area (Å²) in [5.74, 6) is -0.935. The molecule has 0 aliphatic carbocycles. The number of carboxylic acids is 1. The summed E-state index contributed by atoms with van der Waals surface area (Å²) >= 11 is 0. The molecule has 0 aliphatic heterocycles. The van der Waals surface area contributed by atoms with Gasteiger partial charge in [-0.25, -0.2) is 4.79 Å². The zero-order chi connectivity index (χ0) is 9.84. The smallest absolute Gasteiger partial charge is 0.335 e. The summed E-state index contributed by atoms with van der Waals surface area (Å²) in [5, 5.41) is 8.72. The zero-order valence-electron chi connectivity index (χ0n) is 7.28. The highest BCUT2D eigenvalue weighted by Gasteiger charge is 2.06. The molecule has 0 aromatic heterocycles. The normalized spacial score (nSPS) is 9.62. The highest BCUT2D eigenvalue weighted by atomic mass is 16.4. The Hall–Kier alpha value is -1.64. The fraction of sp³-hybridized carbons (Fsp3) is 0.200. The van der Waals surface area contributed by atoms with Crippen LogP contribution >= 0.6 is 0 Å². The minimum atomic E-state index is -0.935. The first-order valence-electron chi connectivity index (χ1n) is 3.91. The third-order valence-electron chi connectivity index (χ3n) is 1.84. The van der Waals surface area contributed by atoms with Gasteiger partial charge in [-0.3, -0.25) is 0 Å². The predicted molar refractivity (Wildman–Crippen MR) is 47.9 cm³/mol. The molecule has 0 saturated heterocycles. The quantitative estimate of drug-likeness (QED) is 0.712. The predicted octanol–water partition coefficient (Wildman–Crippen LogP) is 1.43. The van der Waals surface area contributed by atoms with E-state index in [1.165, 1.54) is 6.07 Å². The summed E-state index contributed by atoms with van der Waals surface area (Å²) in [7, 11) is 0. The molecule has 0 atom stereocenters. The maximum Gasteiger partial charge on any atom is 0.335 e. The molecule has 1 N–H and O–H groups in total. The van der Waals surface area contributed by atoms with Crippen LogP contribution < -0.4 is 0 Å². The summed E-state index contributed by atoms with van der Waals surface area (Å²) < 4.78 is 0. The van der Waals surface area contributed by atoms with Gasteiger partial charge < -0.3 is 9.90 Å². The standard InChI is InChI=1S/C10H10O3/c1-7-6-8(4-5-11)2-3-9(7)10(12)13/h2-3,5-6H,4H2,1H3,(H,12,13). The third kappa shape index (κ3) is 2.15. The molecule has 0 amide bonds. The van der Waals surface area contributed by atoms with Gasteiger partial charge in [0, 0.05) is 6.42 Å². The van der Waals surface area contributed by atoms with Crippen LogP contribution in [0, 0.1) is 6.92 Å². The van der Waals surface area contributed by atoms with Crippen LogP contribution in [0.3, 0.4) is 0 Å². The molecule has 1 aromatic rings. The van der Waals surface area contributed by atoms with E-state index in [4.69, 9.17) is 5.11 Å². The van der Waals surface area contributed by atoms with Gasteiger partial charge >= 0.3 is 5.97 Å². The average molecular weight is 178 g/mol. The molecular formula is C10H10O3. The van der Waals surface area contributed by atoms with Crippen molar-refractivity contribution in [1.29, 1.82) is 0 Å². The van der Waals surface area contributed by atoms with Crippen LogP contribution in [-0.2, 0) is 11.2 Å². The van der Waals surface area contributed by atoms with Crippen molar-refractivity contribution in [2.45, 2.75) is 13.3 Å². The summed E-state index contributed by atoms with van der Waals surface area (Å²) in [6.07, 6.45) is 1.13. The Morgan fingerprint density at radius 1 is 1.54 bits per heavy atom. The number of rotatable bonds is 3. The summed E-state index contributed by atoms with van der Waals surface area (Å²) in [6, 6.07) is 4.90. The second-order valence-electron chi connectivity index (χ2n) is 2.83. The molecule has 0 aliphatic rings. The van der Waals surface area contributed by atoms with Crippen LogP contribution in [-0.4, -0.2) is 17.4 Å². The molecule has 0 spiro atoms. The third-order valence-corrected chi connectivity index (χ3v) is 1.84. The van der Waals surface area contributed by atoms with Gasteiger partial charge in [-0.1, -0.05) is 12.1 Å². The number of benzene rings is 1. The minimum absolute atomic E-state index is 0.287. The van der Waals surface area contributed by atoms with E-state index < -0.39 is 5.97 Å². The Morgan fingerprint density at radius 3 is 2.69 bits per heavy atom. The van der Waals surface area contributed by atoms with Gasteiger partial charge in [0.25, 0.3) is 0 Å². The first kappa shape index (κ1) is 9.45. The lowest BCUT2D eigenvalue weighted by Gasteiger charge is -2.01. The van der Waals surface area contributed by atoms with Gasteiger partial charge in [0.1, 0.15) is 6.29 Å². The monoisotopic (exact) mass is 178 g/mol. The van der Waals surface area contributed by atoms with Crippen molar-refractivity contribution in [2.75, 3.05) is 0 Å². The minimum Gasteiger partial charge on any atom is -0.478 e. The number of carbonyl (C=O) groups excluding carboxylic acids is 1. The number of aromatic carboxylic acids is 1. The largest absolute Gasteiger partial charge is 0.478 e. The summed E-state index contributed by atoms with van der Waals surface area (Å²) in [4.78, 5) is 20.8. The molecule has 0 unspecified atom stereocenters. The van der Waals surface area contributed by atoms with E-state index in [2.05, 4.69) is 0 Å². The van der Waals surface area contributed by atoms with Crippen LogP contribution in [0.15, 0.2) is 18.2 Å². The van der Waals surface area contributed by atoms with E-state index in [9.17, 15) is 9.59 Å². The maximum absolute atomic E-state index is 10.6. The first-order valence-corrected chi connectivity index (χ1v) is 3.91. The topological polar surface area (TPSA) is 54.4 Å². The van der Waals surface area contributed by atoms with E-state index in [1.54, 1.807) is 19.1 Å². The van der Waals surface area contributed by atoms with Crippen LogP contribution in [0.25, 0.3) is 0 Å². The highest BCUT2D eigenvalue weighted by molar-refractivity contribution is 5.89. The molecule has 3 heteroatoms. The second-order valence-corrected chi connectivity index (χ2v) is 2.83. The van der Waals surface area contributed by atoms with Crippen molar-refractivity contribution in [3.05, 3.63) is 34.9 Å². The average Bonchev–Trinajstić information content (AvgIpc) is 2.04. The Bertz CT molecular complexity index is 342. The van der Waals surface area contributed by atoms with Gasteiger partial charge in [-0.15, -0.1) is 0 Å².